The lowest BCUT2D eigenvalue weighted by molar-refractivity contribution is -0.159. The summed E-state index contributed by atoms with van der Waals surface area (Å²) in [6, 6.07) is 3.27. The van der Waals surface area contributed by atoms with Crippen molar-refractivity contribution in [2.24, 2.45) is 15.9 Å². The number of hydrogen-bond donors (Lipinski definition) is 4. The molecule has 0 amide bonds. The number of nitrogens with zero attached hydrogens (tertiary/aromatic N) is 4. The molecule has 0 saturated carbocycles. The molecule has 1 aliphatic rings. The van der Waals surface area contributed by atoms with Crippen LogP contribution >= 0.6 is 23.4 Å². The van der Waals surface area contributed by atoms with Crippen LogP contribution in [0.3, 0.4) is 0 Å². The van der Waals surface area contributed by atoms with Gasteiger partial charge in [0, 0.05) is 18.0 Å². The van der Waals surface area contributed by atoms with E-state index in [2.05, 4.69) is 15.1 Å². The maximum Gasteiger partial charge on any atom is 0.194 e. The average Bonchev–Trinajstić information content (AvgIpc) is 2.81. The van der Waals surface area contributed by atoms with Crippen LogP contribution < -0.4 is 5.84 Å². The Morgan fingerprint density at radius 2 is 1.94 bits per heavy atom. The maximum atomic E-state index is 13.6. The number of pyridine rings is 1. The second kappa shape index (κ2) is 11.1. The van der Waals surface area contributed by atoms with E-state index in [1.165, 1.54) is 12.3 Å². The molecule has 1 fully saturated rings. The van der Waals surface area contributed by atoms with Crippen molar-refractivity contribution >= 4 is 35.3 Å². The molecular weight excluding hydrogens is 499 g/mol. The first kappa shape index (κ1) is 25.9. The fourth-order valence-corrected chi connectivity index (χ4v) is 4.36. The number of benzene rings is 1. The van der Waals surface area contributed by atoms with Crippen molar-refractivity contribution in [2.75, 3.05) is 6.61 Å². The lowest BCUT2D eigenvalue weighted by Crippen LogP contribution is -2.56. The van der Waals surface area contributed by atoms with E-state index in [0.717, 1.165) is 18.0 Å². The highest BCUT2D eigenvalue weighted by atomic mass is 35.5. The number of aromatic nitrogens is 1. The molecule has 5 atom stereocenters. The van der Waals surface area contributed by atoms with Crippen molar-refractivity contribution in [3.8, 4) is 6.07 Å². The van der Waals surface area contributed by atoms with E-state index in [1.54, 1.807) is 0 Å². The number of rotatable bonds is 6. The van der Waals surface area contributed by atoms with E-state index in [9.17, 15) is 28.5 Å². The van der Waals surface area contributed by atoms with Crippen LogP contribution in [0.1, 0.15) is 11.1 Å². The quantitative estimate of drug-likeness (QED) is 0.194. The summed E-state index contributed by atoms with van der Waals surface area (Å²) < 4.78 is 45.9. The van der Waals surface area contributed by atoms with E-state index < -0.39 is 53.8 Å². The topological polar surface area (TPSA) is 157 Å². The number of nitriles is 1. The molecule has 1 aromatic carbocycles. The zero-order valence-electron chi connectivity index (χ0n) is 17.0. The molecule has 14 heteroatoms. The van der Waals surface area contributed by atoms with E-state index in [0.29, 0.717) is 12.1 Å². The lowest BCUT2D eigenvalue weighted by Gasteiger charge is -2.40. The molecule has 9 nitrogen and oxygen atoms in total. The third kappa shape index (κ3) is 5.49. The summed E-state index contributed by atoms with van der Waals surface area (Å²) >= 11 is 6.90. The Morgan fingerprint density at radius 1 is 1.26 bits per heavy atom. The van der Waals surface area contributed by atoms with Gasteiger partial charge in [0.1, 0.15) is 46.6 Å². The SMILES string of the molecule is N#Cc1cnc(S[C@H]2OC(CO)[C@H](O)C(N=CC(=NN)c3cc(F)c(F)c(F)c3)C2O)cc1Cl. The maximum absolute atomic E-state index is 13.6. The van der Waals surface area contributed by atoms with Gasteiger partial charge >= 0.3 is 0 Å². The number of ether oxygens (including phenoxy) is 1. The van der Waals surface area contributed by atoms with Crippen molar-refractivity contribution < 1.29 is 33.2 Å². The molecular formula is C20H17ClF3N5O4S. The first-order chi connectivity index (χ1) is 16.2. The van der Waals surface area contributed by atoms with Crippen LogP contribution in [0.4, 0.5) is 13.2 Å². The Morgan fingerprint density at radius 3 is 2.50 bits per heavy atom. The standard InChI is InChI=1S/C20H17ClF3N5O4S/c21-10-3-15(27-5-9(10)4-25)34-20-19(32)17(18(31)14(7-30)33-20)28-6-13(29-26)8-1-11(22)16(24)12(23)2-8/h1-3,5-6,14,17-20,30-32H,7,26H2/t14?,17?,18-,19?,20+/m0/s1. The number of hydrogen-bond acceptors (Lipinski definition) is 10. The highest BCUT2D eigenvalue weighted by Crippen LogP contribution is 2.34. The summed E-state index contributed by atoms with van der Waals surface area (Å²) in [5, 5.41) is 43.6. The number of halogens is 4. The van der Waals surface area contributed by atoms with Gasteiger partial charge in [0.15, 0.2) is 17.5 Å². The summed E-state index contributed by atoms with van der Waals surface area (Å²) in [7, 11) is 0. The summed E-state index contributed by atoms with van der Waals surface area (Å²) in [6.45, 7) is -0.620. The number of hydrazone groups is 1. The van der Waals surface area contributed by atoms with Gasteiger partial charge in [-0.1, -0.05) is 23.4 Å². The molecule has 0 radical (unpaired) electrons. The molecule has 180 valence electrons. The Hall–Kier alpha value is -2.73. The first-order valence-corrected chi connectivity index (χ1v) is 10.8. The van der Waals surface area contributed by atoms with Crippen LogP contribution in [-0.2, 0) is 4.74 Å². The molecule has 34 heavy (non-hydrogen) atoms. The minimum atomic E-state index is -1.67. The molecule has 0 bridgehead atoms. The zero-order chi connectivity index (χ0) is 25.0. The molecule has 3 unspecified atom stereocenters. The summed E-state index contributed by atoms with van der Waals surface area (Å²) in [5.74, 6) is 0.655. The zero-order valence-corrected chi connectivity index (χ0v) is 18.6. The van der Waals surface area contributed by atoms with Gasteiger partial charge in [-0.15, -0.1) is 0 Å². The number of aliphatic imine (C=N–C) groups is 1. The minimum absolute atomic E-state index is 0.126. The Bertz CT molecular complexity index is 1140. The molecule has 2 aromatic rings. The van der Waals surface area contributed by atoms with Gasteiger partial charge in [-0.3, -0.25) is 4.99 Å². The van der Waals surface area contributed by atoms with Crippen molar-refractivity contribution in [1.82, 2.24) is 4.98 Å². The van der Waals surface area contributed by atoms with Crippen LogP contribution in [0.15, 0.2) is 39.5 Å². The minimum Gasteiger partial charge on any atom is -0.394 e. The Labute approximate surface area is 200 Å². The molecule has 2 heterocycles. The summed E-state index contributed by atoms with van der Waals surface area (Å²) in [4.78, 5) is 8.09. The van der Waals surface area contributed by atoms with Crippen LogP contribution in [-0.4, -0.2) is 68.6 Å². The molecule has 1 aliphatic heterocycles. The third-order valence-corrected chi connectivity index (χ3v) is 6.22. The third-order valence-electron chi connectivity index (χ3n) is 4.82. The first-order valence-electron chi connectivity index (χ1n) is 9.50. The molecule has 0 aliphatic carbocycles. The molecule has 3 rings (SSSR count). The van der Waals surface area contributed by atoms with Gasteiger partial charge in [0.25, 0.3) is 0 Å². The number of aliphatic hydroxyl groups is 3. The highest BCUT2D eigenvalue weighted by Gasteiger charge is 2.44. The fraction of sp³-hybridized carbons (Fsp3) is 0.300. The van der Waals surface area contributed by atoms with Crippen molar-refractivity contribution in [2.45, 2.75) is 34.8 Å². The fourth-order valence-electron chi connectivity index (χ4n) is 3.06. The van der Waals surface area contributed by atoms with Gasteiger partial charge in [-0.2, -0.15) is 10.4 Å². The largest absolute Gasteiger partial charge is 0.394 e. The summed E-state index contributed by atoms with van der Waals surface area (Å²) in [5.41, 5.74) is -1.45. The lowest BCUT2D eigenvalue weighted by atomic mass is 9.98. The molecule has 1 aromatic heterocycles. The van der Waals surface area contributed by atoms with Crippen molar-refractivity contribution in [3.63, 3.8) is 0 Å². The number of nitrogens with two attached hydrogens (primary N) is 1. The van der Waals surface area contributed by atoms with Gasteiger partial charge in [-0.05, 0) is 18.2 Å². The number of thioether (sulfide) groups is 1. The van der Waals surface area contributed by atoms with E-state index in [4.69, 9.17) is 27.4 Å². The second-order valence-electron chi connectivity index (χ2n) is 6.98. The van der Waals surface area contributed by atoms with Gasteiger partial charge in [0.05, 0.1) is 17.2 Å². The molecule has 1 saturated heterocycles. The average molecular weight is 516 g/mol. The van der Waals surface area contributed by atoms with E-state index in [1.807, 2.05) is 6.07 Å². The molecule has 5 N–H and O–H groups in total. The predicted octanol–water partition coefficient (Wildman–Crippen LogP) is 1.36. The Balaban J connectivity index is 1.86. The van der Waals surface area contributed by atoms with E-state index in [-0.39, 0.29) is 26.9 Å². The second-order valence-corrected chi connectivity index (χ2v) is 8.50. The van der Waals surface area contributed by atoms with E-state index >= 15 is 0 Å². The van der Waals surface area contributed by atoms with Gasteiger partial charge in [0.2, 0.25) is 0 Å². The number of aliphatic hydroxyl groups excluding tert-OH is 3. The van der Waals surface area contributed by atoms with Crippen LogP contribution in [0.2, 0.25) is 5.02 Å². The van der Waals surface area contributed by atoms with Gasteiger partial charge in [-0.25, -0.2) is 18.2 Å². The van der Waals surface area contributed by atoms with Crippen molar-refractivity contribution in [1.29, 1.82) is 5.26 Å². The molecule has 0 spiro atoms. The smallest absolute Gasteiger partial charge is 0.194 e. The van der Waals surface area contributed by atoms with Crippen LogP contribution in [0.5, 0.6) is 0 Å². The summed E-state index contributed by atoms with van der Waals surface area (Å²) in [6.07, 6.45) is -1.92. The highest BCUT2D eigenvalue weighted by molar-refractivity contribution is 7.99. The predicted molar refractivity (Wildman–Crippen MR) is 117 cm³/mol. The monoisotopic (exact) mass is 515 g/mol. The Kier molecular flexibility index (Phi) is 8.47. The van der Waals surface area contributed by atoms with Gasteiger partial charge < -0.3 is 25.9 Å². The normalized spacial score (nSPS) is 25.5. The van der Waals surface area contributed by atoms with Crippen LogP contribution in [0.25, 0.3) is 0 Å². The van der Waals surface area contributed by atoms with Crippen molar-refractivity contribution in [3.05, 3.63) is 58.0 Å². The van der Waals surface area contributed by atoms with Crippen LogP contribution in [0, 0.1) is 28.8 Å².